The van der Waals surface area contributed by atoms with Crippen LogP contribution in [0.25, 0.3) is 17.4 Å². The number of halogens is 2. The molecular formula is C23H13Cl2NO7S. The molecule has 0 aliphatic carbocycles. The summed E-state index contributed by atoms with van der Waals surface area (Å²) in [5.41, 5.74) is 0.447. The first-order valence-corrected chi connectivity index (χ1v) is 11.1. The van der Waals surface area contributed by atoms with Crippen LogP contribution in [0.3, 0.4) is 0 Å². The smallest absolute Gasteiger partial charge is 0.335 e. The number of carbonyl (C=O) groups excluding carboxylic acids is 2. The monoisotopic (exact) mass is 517 g/mol. The lowest BCUT2D eigenvalue weighted by Crippen LogP contribution is -2.27. The highest BCUT2D eigenvalue weighted by Crippen LogP contribution is 2.35. The molecule has 2 N–H and O–H groups in total. The van der Waals surface area contributed by atoms with Gasteiger partial charge in [-0.3, -0.25) is 14.5 Å². The number of rotatable bonds is 6. The molecule has 2 heterocycles. The standard InChI is InChI=1S/C23H13Cl2NO7S/c24-16-3-1-11(5-17(16)25)10-26-20(27)19(34-23(26)32)9-15-2-4-18(33-15)12-6-13(21(28)29)8-14(7-12)22(30)31/h1-9H,10H2,(H,28,29)(H,30,31)/b19-9+. The molecule has 34 heavy (non-hydrogen) atoms. The fraction of sp³-hybridized carbons (Fsp3) is 0.0435. The third-order valence-electron chi connectivity index (χ3n) is 4.81. The van der Waals surface area contributed by atoms with Gasteiger partial charge in [0, 0.05) is 11.6 Å². The zero-order valence-corrected chi connectivity index (χ0v) is 19.3. The van der Waals surface area contributed by atoms with Crippen molar-refractivity contribution in [1.29, 1.82) is 0 Å². The fourth-order valence-electron chi connectivity index (χ4n) is 3.19. The van der Waals surface area contributed by atoms with E-state index in [0.29, 0.717) is 15.6 Å². The molecule has 0 atom stereocenters. The largest absolute Gasteiger partial charge is 0.478 e. The van der Waals surface area contributed by atoms with Crippen LogP contribution in [0.15, 0.2) is 57.9 Å². The maximum absolute atomic E-state index is 12.8. The Morgan fingerprint density at radius 2 is 1.62 bits per heavy atom. The maximum Gasteiger partial charge on any atom is 0.335 e. The van der Waals surface area contributed by atoms with Crippen LogP contribution in [0, 0.1) is 0 Å². The van der Waals surface area contributed by atoms with Crippen LogP contribution in [-0.4, -0.2) is 38.2 Å². The van der Waals surface area contributed by atoms with Gasteiger partial charge in [-0.15, -0.1) is 0 Å². The van der Waals surface area contributed by atoms with E-state index in [0.717, 1.165) is 22.7 Å². The maximum atomic E-state index is 12.8. The number of furan rings is 1. The van der Waals surface area contributed by atoms with Crippen LogP contribution in [0.5, 0.6) is 0 Å². The Morgan fingerprint density at radius 1 is 0.941 bits per heavy atom. The number of hydrogen-bond acceptors (Lipinski definition) is 6. The van der Waals surface area contributed by atoms with E-state index in [2.05, 4.69) is 0 Å². The molecule has 0 bridgehead atoms. The van der Waals surface area contributed by atoms with Crippen LogP contribution >= 0.6 is 35.0 Å². The molecule has 1 aromatic heterocycles. The van der Waals surface area contributed by atoms with Crippen molar-refractivity contribution in [2.75, 3.05) is 0 Å². The van der Waals surface area contributed by atoms with Crippen LogP contribution in [-0.2, 0) is 11.3 Å². The normalized spacial score (nSPS) is 14.8. The van der Waals surface area contributed by atoms with E-state index in [4.69, 9.17) is 27.6 Å². The van der Waals surface area contributed by atoms with Crippen molar-refractivity contribution in [2.24, 2.45) is 0 Å². The fourth-order valence-corrected chi connectivity index (χ4v) is 4.33. The molecule has 0 spiro atoms. The van der Waals surface area contributed by atoms with Crippen molar-refractivity contribution in [3.05, 3.63) is 85.9 Å². The molecule has 11 heteroatoms. The van der Waals surface area contributed by atoms with Gasteiger partial charge in [0.05, 0.1) is 32.6 Å². The van der Waals surface area contributed by atoms with Gasteiger partial charge < -0.3 is 14.6 Å². The number of carbonyl (C=O) groups is 4. The molecule has 8 nitrogen and oxygen atoms in total. The highest BCUT2D eigenvalue weighted by molar-refractivity contribution is 8.18. The number of nitrogens with zero attached hydrogens (tertiary/aromatic N) is 1. The lowest BCUT2D eigenvalue weighted by Gasteiger charge is -2.12. The molecule has 0 unspecified atom stereocenters. The number of carboxylic acid groups (broad SMARTS) is 2. The predicted molar refractivity (Wildman–Crippen MR) is 126 cm³/mol. The highest BCUT2D eigenvalue weighted by atomic mass is 35.5. The average molecular weight is 518 g/mol. The van der Waals surface area contributed by atoms with Crippen molar-refractivity contribution in [1.82, 2.24) is 4.90 Å². The van der Waals surface area contributed by atoms with Crippen LogP contribution < -0.4 is 0 Å². The van der Waals surface area contributed by atoms with E-state index in [9.17, 15) is 29.4 Å². The molecule has 2 amide bonds. The first-order chi connectivity index (χ1) is 16.1. The third kappa shape index (κ3) is 4.86. The lowest BCUT2D eigenvalue weighted by molar-refractivity contribution is -0.123. The van der Waals surface area contributed by atoms with Gasteiger partial charge in [0.15, 0.2) is 0 Å². The number of hydrogen-bond donors (Lipinski definition) is 2. The van der Waals surface area contributed by atoms with Crippen molar-refractivity contribution < 1.29 is 33.8 Å². The summed E-state index contributed by atoms with van der Waals surface area (Å²) >= 11 is 12.6. The molecular weight excluding hydrogens is 505 g/mol. The van der Waals surface area contributed by atoms with Gasteiger partial charge in [-0.2, -0.15) is 0 Å². The van der Waals surface area contributed by atoms with Gasteiger partial charge in [-0.25, -0.2) is 9.59 Å². The summed E-state index contributed by atoms with van der Waals surface area (Å²) in [5, 5.41) is 18.7. The molecule has 2 aromatic carbocycles. The Hall–Kier alpha value is -3.53. The number of thioether (sulfide) groups is 1. The second kappa shape index (κ2) is 9.38. The molecule has 1 saturated heterocycles. The quantitative estimate of drug-likeness (QED) is 0.387. The van der Waals surface area contributed by atoms with Crippen molar-refractivity contribution >= 4 is 64.1 Å². The van der Waals surface area contributed by atoms with E-state index in [1.165, 1.54) is 30.3 Å². The molecule has 0 radical (unpaired) electrons. The Labute approximate surface area is 206 Å². The van der Waals surface area contributed by atoms with Gasteiger partial charge in [0.2, 0.25) is 0 Å². The molecule has 1 aliphatic heterocycles. The van der Waals surface area contributed by atoms with E-state index in [1.807, 2.05) is 0 Å². The predicted octanol–water partition coefficient (Wildman–Crippen LogP) is 5.89. The lowest BCUT2D eigenvalue weighted by atomic mass is 10.0. The molecule has 172 valence electrons. The summed E-state index contributed by atoms with van der Waals surface area (Å²) in [5.74, 6) is -2.65. The zero-order valence-electron chi connectivity index (χ0n) is 17.0. The minimum absolute atomic E-state index is 0.0161. The second-order valence-electron chi connectivity index (χ2n) is 7.13. The summed E-state index contributed by atoms with van der Waals surface area (Å²) in [6, 6.07) is 11.5. The van der Waals surface area contributed by atoms with Crippen molar-refractivity contribution in [2.45, 2.75) is 6.54 Å². The highest BCUT2D eigenvalue weighted by Gasteiger charge is 2.35. The SMILES string of the molecule is O=C(O)c1cc(C(=O)O)cc(-c2ccc(/C=C3/SC(=O)N(Cc4ccc(Cl)c(Cl)c4)C3=O)o2)c1. The van der Waals surface area contributed by atoms with Gasteiger partial charge in [0.1, 0.15) is 11.5 Å². The molecule has 1 aliphatic rings. The topological polar surface area (TPSA) is 125 Å². The van der Waals surface area contributed by atoms with Crippen molar-refractivity contribution in [3.8, 4) is 11.3 Å². The molecule has 3 aromatic rings. The molecule has 0 saturated carbocycles. The second-order valence-corrected chi connectivity index (χ2v) is 8.94. The summed E-state index contributed by atoms with van der Waals surface area (Å²) in [6.07, 6.45) is 1.39. The minimum Gasteiger partial charge on any atom is -0.478 e. The summed E-state index contributed by atoms with van der Waals surface area (Å²) in [4.78, 5) is 49.0. The summed E-state index contributed by atoms with van der Waals surface area (Å²) in [6.45, 7) is 0.0161. The first-order valence-electron chi connectivity index (χ1n) is 9.53. The summed E-state index contributed by atoms with van der Waals surface area (Å²) < 4.78 is 5.68. The minimum atomic E-state index is -1.29. The molecule has 4 rings (SSSR count). The van der Waals surface area contributed by atoms with Crippen LogP contribution in [0.2, 0.25) is 10.0 Å². The number of aromatic carboxylic acids is 2. The third-order valence-corrected chi connectivity index (χ3v) is 6.46. The zero-order chi connectivity index (χ0) is 24.6. The van der Waals surface area contributed by atoms with E-state index in [-0.39, 0.29) is 39.7 Å². The number of imide groups is 1. The Morgan fingerprint density at radius 3 is 2.24 bits per heavy atom. The van der Waals surface area contributed by atoms with Crippen LogP contribution in [0.4, 0.5) is 4.79 Å². The van der Waals surface area contributed by atoms with Crippen molar-refractivity contribution in [3.63, 3.8) is 0 Å². The number of benzene rings is 2. The van der Waals surface area contributed by atoms with Gasteiger partial charge >= 0.3 is 11.9 Å². The Kier molecular flexibility index (Phi) is 6.52. The van der Waals surface area contributed by atoms with Gasteiger partial charge in [-0.1, -0.05) is 29.3 Å². The van der Waals surface area contributed by atoms with E-state index >= 15 is 0 Å². The van der Waals surface area contributed by atoms with E-state index < -0.39 is 23.1 Å². The number of carboxylic acids is 2. The van der Waals surface area contributed by atoms with Gasteiger partial charge in [0.25, 0.3) is 11.1 Å². The van der Waals surface area contributed by atoms with Gasteiger partial charge in [-0.05, 0) is 59.8 Å². The van der Waals surface area contributed by atoms with Crippen LogP contribution in [0.1, 0.15) is 32.0 Å². The first kappa shape index (κ1) is 23.6. The summed E-state index contributed by atoms with van der Waals surface area (Å²) in [7, 11) is 0. The molecule has 1 fully saturated rings. The Bertz CT molecular complexity index is 1360. The van der Waals surface area contributed by atoms with E-state index in [1.54, 1.807) is 18.2 Å². The average Bonchev–Trinajstić information content (AvgIpc) is 3.36. The Balaban J connectivity index is 1.58. The number of amides is 2.